The Hall–Kier alpha value is 0.307. The molecule has 4 heteroatoms. The molecule has 1 radical (unpaired) electrons. The van der Waals surface area contributed by atoms with Crippen molar-refractivity contribution < 1.29 is 0 Å². The summed E-state index contributed by atoms with van der Waals surface area (Å²) in [4.78, 5) is 0. The number of rotatable bonds is 0. The first kappa shape index (κ1) is 11.3. The predicted molar refractivity (Wildman–Crippen MR) is 54.5 cm³/mol. The van der Waals surface area contributed by atoms with E-state index in [-0.39, 0.29) is 0 Å². The number of aryl methyl sites for hydroxylation is 1. The normalized spacial score (nSPS) is 8.82. The van der Waals surface area contributed by atoms with Crippen molar-refractivity contribution in [2.75, 3.05) is 0 Å². The van der Waals surface area contributed by atoms with Crippen LogP contribution in [0.1, 0.15) is 5.56 Å². The zero-order chi connectivity index (χ0) is 8.69. The molecule has 0 aliphatic heterocycles. The molecule has 0 saturated carbocycles. The Morgan fingerprint density at radius 1 is 1.00 bits per heavy atom. The molecule has 1 rings (SSSR count). The van der Waals surface area contributed by atoms with E-state index in [4.69, 9.17) is 33.2 Å². The van der Waals surface area contributed by atoms with Gasteiger partial charge >= 0.3 is 6.73 Å². The summed E-state index contributed by atoms with van der Waals surface area (Å²) in [6.07, 6.45) is 0. The summed E-state index contributed by atoms with van der Waals surface area (Å²) >= 11 is 14.7. The smallest absolute Gasteiger partial charge is 0.125 e. The number of halogens is 3. The Kier molecular flexibility index (Phi) is 7.18. The van der Waals surface area contributed by atoms with E-state index in [1.165, 1.54) is 5.56 Å². The van der Waals surface area contributed by atoms with E-state index in [1.54, 1.807) is 0 Å². The van der Waals surface area contributed by atoms with Crippen LogP contribution in [0.5, 0.6) is 0 Å². The van der Waals surface area contributed by atoms with Crippen LogP contribution in [0, 0.1) is 6.92 Å². The number of hydrogen-bond donors (Lipinski definition) is 0. The van der Waals surface area contributed by atoms with Crippen molar-refractivity contribution in [3.8, 4) is 0 Å². The highest BCUT2D eigenvalue weighted by Gasteiger charge is 1.88. The Bertz CT molecular complexity index is 174. The van der Waals surface area contributed by atoms with Gasteiger partial charge in [-0.1, -0.05) is 35.9 Å². The average molecular weight is 227 g/mol. The van der Waals surface area contributed by atoms with Crippen LogP contribution in [0.4, 0.5) is 0 Å². The highest BCUT2D eigenvalue weighted by molar-refractivity contribution is 7.54. The lowest BCUT2D eigenvalue weighted by molar-refractivity contribution is 1.48. The van der Waals surface area contributed by atoms with Gasteiger partial charge in [0, 0.05) is 0 Å². The van der Waals surface area contributed by atoms with Crippen molar-refractivity contribution in [1.82, 2.24) is 0 Å². The lowest BCUT2D eigenvalue weighted by atomic mass is 10.2. The zero-order valence-electron chi connectivity index (χ0n) is 6.02. The molecule has 0 saturated heterocycles. The van der Waals surface area contributed by atoms with E-state index >= 15 is 0 Å². The Balaban J connectivity index is 0.000000218. The minimum absolute atomic E-state index is 1.32. The first-order valence-corrected chi connectivity index (χ1v) is 7.51. The molecular formula is C7H8Cl3Si. The molecule has 0 spiro atoms. The van der Waals surface area contributed by atoms with Gasteiger partial charge in [0.25, 0.3) is 0 Å². The van der Waals surface area contributed by atoms with Gasteiger partial charge in [-0.05, 0) is 6.92 Å². The van der Waals surface area contributed by atoms with Crippen LogP contribution < -0.4 is 0 Å². The van der Waals surface area contributed by atoms with Crippen LogP contribution in [-0.2, 0) is 0 Å². The third-order valence-electron chi connectivity index (χ3n) is 0.940. The molecule has 0 amide bonds. The van der Waals surface area contributed by atoms with Gasteiger partial charge in [0.1, 0.15) is 0 Å². The maximum atomic E-state index is 4.91. The molecule has 0 nitrogen and oxygen atoms in total. The quantitative estimate of drug-likeness (QED) is 0.468. The van der Waals surface area contributed by atoms with E-state index in [0.717, 1.165) is 0 Å². The van der Waals surface area contributed by atoms with Crippen LogP contribution in [0.3, 0.4) is 0 Å². The second kappa shape index (κ2) is 6.98. The monoisotopic (exact) mass is 225 g/mol. The number of benzene rings is 1. The van der Waals surface area contributed by atoms with E-state index in [0.29, 0.717) is 0 Å². The van der Waals surface area contributed by atoms with Crippen LogP contribution in [-0.4, -0.2) is 6.73 Å². The molecule has 11 heavy (non-hydrogen) atoms. The van der Waals surface area contributed by atoms with Crippen molar-refractivity contribution in [1.29, 1.82) is 0 Å². The Morgan fingerprint density at radius 2 is 1.36 bits per heavy atom. The first-order chi connectivity index (χ1) is 5.13. The maximum Gasteiger partial charge on any atom is 0.376 e. The SMILES string of the molecule is Cc1ccccc1.Cl[Si](Cl)Cl. The van der Waals surface area contributed by atoms with Crippen molar-refractivity contribution in [3.63, 3.8) is 0 Å². The third kappa shape index (κ3) is 10.3. The van der Waals surface area contributed by atoms with Crippen LogP contribution in [0.25, 0.3) is 0 Å². The molecule has 0 fully saturated rings. The highest BCUT2D eigenvalue weighted by Crippen LogP contribution is 1.97. The fourth-order valence-corrected chi connectivity index (χ4v) is 0.534. The van der Waals surface area contributed by atoms with Crippen molar-refractivity contribution in [2.24, 2.45) is 0 Å². The largest absolute Gasteiger partial charge is 0.376 e. The topological polar surface area (TPSA) is 0 Å². The molecule has 0 unspecified atom stereocenters. The van der Waals surface area contributed by atoms with Gasteiger partial charge in [-0.2, -0.15) is 0 Å². The van der Waals surface area contributed by atoms with Crippen LogP contribution in [0.2, 0.25) is 0 Å². The summed E-state index contributed by atoms with van der Waals surface area (Å²) in [5, 5.41) is 0. The molecule has 0 bridgehead atoms. The Labute approximate surface area is 82.8 Å². The van der Waals surface area contributed by atoms with Crippen molar-refractivity contribution >= 4 is 40.0 Å². The van der Waals surface area contributed by atoms with Gasteiger partial charge in [0.15, 0.2) is 0 Å². The molecule has 0 aliphatic carbocycles. The van der Waals surface area contributed by atoms with Gasteiger partial charge in [0.2, 0.25) is 0 Å². The molecule has 0 atom stereocenters. The maximum absolute atomic E-state index is 4.91. The lowest BCUT2D eigenvalue weighted by Crippen LogP contribution is -1.66. The van der Waals surface area contributed by atoms with Crippen LogP contribution >= 0.6 is 33.2 Å². The van der Waals surface area contributed by atoms with Gasteiger partial charge in [-0.3, -0.25) is 0 Å². The first-order valence-electron chi connectivity index (χ1n) is 2.98. The molecule has 61 valence electrons. The van der Waals surface area contributed by atoms with Crippen molar-refractivity contribution in [2.45, 2.75) is 6.92 Å². The highest BCUT2D eigenvalue weighted by atomic mass is 35.8. The number of hydrogen-bond acceptors (Lipinski definition) is 0. The second-order valence-electron chi connectivity index (χ2n) is 1.87. The summed E-state index contributed by atoms with van der Waals surface area (Å²) in [5.74, 6) is 0. The summed E-state index contributed by atoms with van der Waals surface area (Å²) in [6, 6.07) is 10.3. The van der Waals surface area contributed by atoms with Crippen molar-refractivity contribution in [3.05, 3.63) is 35.9 Å². The van der Waals surface area contributed by atoms with Gasteiger partial charge < -0.3 is 0 Å². The molecule has 0 heterocycles. The standard InChI is InChI=1S/C7H8.Cl3Si/c1-7-5-3-2-4-6-7;1-4(2)3/h2-6H,1H3;. The molecule has 0 N–H and O–H groups in total. The van der Waals surface area contributed by atoms with E-state index in [2.05, 4.69) is 19.1 Å². The molecule has 1 aromatic rings. The third-order valence-corrected chi connectivity index (χ3v) is 0.940. The summed E-state index contributed by atoms with van der Waals surface area (Å²) in [7, 11) is 0. The van der Waals surface area contributed by atoms with E-state index in [9.17, 15) is 0 Å². The van der Waals surface area contributed by atoms with Gasteiger partial charge in [-0.15, -0.1) is 33.2 Å². The average Bonchev–Trinajstić information content (AvgIpc) is 1.87. The zero-order valence-corrected chi connectivity index (χ0v) is 9.29. The van der Waals surface area contributed by atoms with E-state index < -0.39 is 6.73 Å². The molecular weight excluding hydrogens is 219 g/mol. The van der Waals surface area contributed by atoms with Gasteiger partial charge in [0.05, 0.1) is 0 Å². The van der Waals surface area contributed by atoms with Gasteiger partial charge in [-0.25, -0.2) is 0 Å². The lowest BCUT2D eigenvalue weighted by Gasteiger charge is -1.82. The summed E-state index contributed by atoms with van der Waals surface area (Å²) in [5.41, 5.74) is 1.32. The van der Waals surface area contributed by atoms with Crippen LogP contribution in [0.15, 0.2) is 30.3 Å². The summed E-state index contributed by atoms with van der Waals surface area (Å²) in [6.45, 7) is 0.620. The predicted octanol–water partition coefficient (Wildman–Crippen LogP) is 3.68. The molecule has 1 aromatic carbocycles. The minimum Gasteiger partial charge on any atom is -0.125 e. The Morgan fingerprint density at radius 3 is 1.55 bits per heavy atom. The second-order valence-corrected chi connectivity index (χ2v) is 7.44. The molecule has 0 aliphatic rings. The summed E-state index contributed by atoms with van der Waals surface area (Å²) < 4.78 is 0. The fourth-order valence-electron chi connectivity index (χ4n) is 0.534. The molecule has 0 aromatic heterocycles. The fraction of sp³-hybridized carbons (Fsp3) is 0.143. The van der Waals surface area contributed by atoms with E-state index in [1.807, 2.05) is 18.2 Å². The minimum atomic E-state index is -1.46.